The molecular formula is C11H11N3. The van der Waals surface area contributed by atoms with E-state index in [1.54, 1.807) is 6.07 Å². The van der Waals surface area contributed by atoms with Crippen LogP contribution in [0.5, 0.6) is 0 Å². The monoisotopic (exact) mass is 185 g/mol. The molecule has 0 fully saturated rings. The minimum atomic E-state index is 0.399. The Labute approximate surface area is 83.1 Å². The second kappa shape index (κ2) is 3.51. The maximum atomic E-state index is 8.75. The first-order chi connectivity index (χ1) is 6.79. The molecule has 3 nitrogen and oxygen atoms in total. The quantitative estimate of drug-likeness (QED) is 0.716. The minimum absolute atomic E-state index is 0.399. The predicted octanol–water partition coefficient (Wildman–Crippen LogP) is 1.30. The lowest BCUT2D eigenvalue weighted by molar-refractivity contribution is 0.726. The van der Waals surface area contributed by atoms with Gasteiger partial charge in [-0.3, -0.25) is 4.99 Å². The summed E-state index contributed by atoms with van der Waals surface area (Å²) in [6, 6.07) is 10.0. The Morgan fingerprint density at radius 1 is 1.57 bits per heavy atom. The van der Waals surface area contributed by atoms with Crippen LogP contribution in [0.2, 0.25) is 0 Å². The van der Waals surface area contributed by atoms with Gasteiger partial charge in [0.1, 0.15) is 5.84 Å². The molecular weight excluding hydrogens is 174 g/mol. The Morgan fingerprint density at radius 2 is 2.43 bits per heavy atom. The van der Waals surface area contributed by atoms with E-state index in [2.05, 4.69) is 23.3 Å². The molecule has 0 radical (unpaired) electrons. The molecule has 1 aromatic carbocycles. The Hall–Kier alpha value is -1.82. The third-order valence-electron chi connectivity index (χ3n) is 2.17. The van der Waals surface area contributed by atoms with Gasteiger partial charge >= 0.3 is 0 Å². The van der Waals surface area contributed by atoms with Gasteiger partial charge in [0.25, 0.3) is 0 Å². The number of rotatable bonds is 1. The molecule has 0 spiro atoms. The number of aliphatic imine (C=N–C) groups is 1. The third kappa shape index (κ3) is 1.60. The molecule has 1 unspecified atom stereocenters. The third-order valence-corrected chi connectivity index (χ3v) is 2.17. The zero-order chi connectivity index (χ0) is 9.97. The van der Waals surface area contributed by atoms with E-state index in [-0.39, 0.29) is 0 Å². The molecule has 2 rings (SSSR count). The van der Waals surface area contributed by atoms with Crippen molar-refractivity contribution in [3.63, 3.8) is 0 Å². The van der Waals surface area contributed by atoms with E-state index < -0.39 is 0 Å². The molecule has 0 saturated carbocycles. The van der Waals surface area contributed by atoms with Crippen LogP contribution in [0.1, 0.15) is 18.1 Å². The molecule has 1 aromatic rings. The molecule has 0 amide bonds. The van der Waals surface area contributed by atoms with Gasteiger partial charge in [0, 0.05) is 11.6 Å². The van der Waals surface area contributed by atoms with E-state index in [1.807, 2.05) is 18.2 Å². The number of hydrogen-bond acceptors (Lipinski definition) is 3. The SMILES string of the molecule is CC1CN=C(c2cccc(C#N)c2)N1. The second-order valence-corrected chi connectivity index (χ2v) is 3.43. The fraction of sp³-hybridized carbons (Fsp3) is 0.273. The summed E-state index contributed by atoms with van der Waals surface area (Å²) in [5.41, 5.74) is 1.67. The molecule has 0 aromatic heterocycles. The summed E-state index contributed by atoms with van der Waals surface area (Å²) < 4.78 is 0. The predicted molar refractivity (Wildman–Crippen MR) is 55.2 cm³/mol. The normalized spacial score (nSPS) is 19.7. The molecule has 1 atom stereocenters. The van der Waals surface area contributed by atoms with Crippen molar-refractivity contribution >= 4 is 5.84 Å². The molecule has 0 saturated heterocycles. The van der Waals surface area contributed by atoms with Crippen LogP contribution in [0, 0.1) is 11.3 Å². The van der Waals surface area contributed by atoms with Crippen LogP contribution in [0.25, 0.3) is 0 Å². The largest absolute Gasteiger partial charge is 0.366 e. The van der Waals surface area contributed by atoms with E-state index in [4.69, 9.17) is 5.26 Å². The number of nitrogens with one attached hydrogen (secondary N) is 1. The van der Waals surface area contributed by atoms with Crippen molar-refractivity contribution in [3.05, 3.63) is 35.4 Å². The molecule has 0 aliphatic carbocycles. The van der Waals surface area contributed by atoms with Gasteiger partial charge in [0.05, 0.1) is 18.2 Å². The van der Waals surface area contributed by atoms with Gasteiger partial charge in [0.2, 0.25) is 0 Å². The van der Waals surface area contributed by atoms with Crippen LogP contribution < -0.4 is 5.32 Å². The molecule has 0 bridgehead atoms. The first-order valence-electron chi connectivity index (χ1n) is 4.61. The average molecular weight is 185 g/mol. The Balaban J connectivity index is 2.30. The lowest BCUT2D eigenvalue weighted by Crippen LogP contribution is -2.27. The summed E-state index contributed by atoms with van der Waals surface area (Å²) in [4.78, 5) is 4.36. The number of amidine groups is 1. The number of benzene rings is 1. The summed E-state index contributed by atoms with van der Waals surface area (Å²) in [6.45, 7) is 2.90. The van der Waals surface area contributed by atoms with Crippen LogP contribution in [0.4, 0.5) is 0 Å². The number of hydrogen-bond donors (Lipinski definition) is 1. The summed E-state index contributed by atoms with van der Waals surface area (Å²) in [6.07, 6.45) is 0. The maximum Gasteiger partial charge on any atom is 0.128 e. The van der Waals surface area contributed by atoms with Gasteiger partial charge in [0.15, 0.2) is 0 Å². The van der Waals surface area contributed by atoms with E-state index in [1.165, 1.54) is 0 Å². The van der Waals surface area contributed by atoms with Gasteiger partial charge in [-0.05, 0) is 19.1 Å². The van der Waals surface area contributed by atoms with Crippen LogP contribution in [0.3, 0.4) is 0 Å². The van der Waals surface area contributed by atoms with Gasteiger partial charge in [-0.1, -0.05) is 12.1 Å². The lowest BCUT2D eigenvalue weighted by Gasteiger charge is -2.05. The van der Waals surface area contributed by atoms with Crippen molar-refractivity contribution in [1.29, 1.82) is 5.26 Å². The van der Waals surface area contributed by atoms with Crippen LogP contribution >= 0.6 is 0 Å². The van der Waals surface area contributed by atoms with Gasteiger partial charge in [-0.25, -0.2) is 0 Å². The highest BCUT2D eigenvalue weighted by atomic mass is 15.1. The van der Waals surface area contributed by atoms with E-state index in [9.17, 15) is 0 Å². The summed E-state index contributed by atoms with van der Waals surface area (Å²) in [7, 11) is 0. The van der Waals surface area contributed by atoms with Crippen LogP contribution in [0.15, 0.2) is 29.3 Å². The standard InChI is InChI=1S/C11H11N3/c1-8-7-13-11(14-8)10-4-2-3-9(5-10)6-12/h2-5,8H,7H2,1H3,(H,13,14). The molecule has 1 heterocycles. The van der Waals surface area contributed by atoms with E-state index in [0.717, 1.165) is 17.9 Å². The molecule has 3 heteroatoms. The van der Waals surface area contributed by atoms with Gasteiger partial charge < -0.3 is 5.32 Å². The van der Waals surface area contributed by atoms with Crippen molar-refractivity contribution in [2.24, 2.45) is 4.99 Å². The average Bonchev–Trinajstić information content (AvgIpc) is 2.65. The fourth-order valence-electron chi connectivity index (χ4n) is 1.46. The van der Waals surface area contributed by atoms with Gasteiger partial charge in [-0.15, -0.1) is 0 Å². The van der Waals surface area contributed by atoms with Gasteiger partial charge in [-0.2, -0.15) is 5.26 Å². The van der Waals surface area contributed by atoms with Crippen molar-refractivity contribution in [2.45, 2.75) is 13.0 Å². The van der Waals surface area contributed by atoms with Crippen molar-refractivity contribution in [1.82, 2.24) is 5.32 Å². The first kappa shape index (κ1) is 8.76. The van der Waals surface area contributed by atoms with Crippen molar-refractivity contribution in [3.8, 4) is 6.07 Å². The first-order valence-corrected chi connectivity index (χ1v) is 4.61. The molecule has 1 aliphatic rings. The molecule has 1 N–H and O–H groups in total. The minimum Gasteiger partial charge on any atom is -0.366 e. The number of nitrogens with zero attached hydrogens (tertiary/aromatic N) is 2. The van der Waals surface area contributed by atoms with E-state index in [0.29, 0.717) is 11.6 Å². The Kier molecular flexibility index (Phi) is 2.19. The summed E-state index contributed by atoms with van der Waals surface area (Å²) >= 11 is 0. The van der Waals surface area contributed by atoms with Crippen molar-refractivity contribution < 1.29 is 0 Å². The fourth-order valence-corrected chi connectivity index (χ4v) is 1.46. The molecule has 70 valence electrons. The van der Waals surface area contributed by atoms with Crippen LogP contribution in [-0.4, -0.2) is 18.4 Å². The van der Waals surface area contributed by atoms with Crippen LogP contribution in [-0.2, 0) is 0 Å². The zero-order valence-corrected chi connectivity index (χ0v) is 7.99. The highest BCUT2D eigenvalue weighted by molar-refractivity contribution is 6.00. The smallest absolute Gasteiger partial charge is 0.128 e. The van der Waals surface area contributed by atoms with Crippen molar-refractivity contribution in [2.75, 3.05) is 6.54 Å². The van der Waals surface area contributed by atoms with E-state index >= 15 is 0 Å². The maximum absolute atomic E-state index is 8.75. The number of nitriles is 1. The highest BCUT2D eigenvalue weighted by Crippen LogP contribution is 2.08. The highest BCUT2D eigenvalue weighted by Gasteiger charge is 2.13. The Bertz CT molecular complexity index is 415. The molecule has 14 heavy (non-hydrogen) atoms. The lowest BCUT2D eigenvalue weighted by atomic mass is 10.1. The summed E-state index contributed by atoms with van der Waals surface area (Å²) in [5, 5.41) is 12.0. The second-order valence-electron chi connectivity index (χ2n) is 3.43. The Morgan fingerprint density at radius 3 is 3.07 bits per heavy atom. The zero-order valence-electron chi connectivity index (χ0n) is 7.99. The topological polar surface area (TPSA) is 48.2 Å². The summed E-state index contributed by atoms with van der Waals surface area (Å²) in [5.74, 6) is 0.898. The molecule has 1 aliphatic heterocycles.